The van der Waals surface area contributed by atoms with Gasteiger partial charge in [-0.1, -0.05) is 0 Å². The van der Waals surface area contributed by atoms with Crippen molar-refractivity contribution in [1.29, 1.82) is 0 Å². The van der Waals surface area contributed by atoms with E-state index < -0.39 is 5.60 Å². The van der Waals surface area contributed by atoms with Crippen molar-refractivity contribution in [1.82, 2.24) is 0 Å². The van der Waals surface area contributed by atoms with Crippen molar-refractivity contribution in [2.75, 3.05) is 12.4 Å². The van der Waals surface area contributed by atoms with Gasteiger partial charge >= 0.3 is 0 Å². The van der Waals surface area contributed by atoms with Crippen molar-refractivity contribution >= 4 is 27.5 Å². The van der Waals surface area contributed by atoms with Crippen LogP contribution in [0.1, 0.15) is 25.7 Å². The summed E-state index contributed by atoms with van der Waals surface area (Å²) >= 11 is 3.35. The van der Waals surface area contributed by atoms with Gasteiger partial charge in [-0.05, 0) is 53.7 Å². The summed E-state index contributed by atoms with van der Waals surface area (Å²) in [5, 5.41) is 12.9. The number of nitrogens with one attached hydrogen (secondary N) is 1. The number of ether oxygens (including phenoxy) is 1. The number of hydrogen-bond donors (Lipinski definition) is 2. The Morgan fingerprint density at radius 3 is 2.72 bits per heavy atom. The highest BCUT2D eigenvalue weighted by molar-refractivity contribution is 9.10. The molecule has 2 rings (SSSR count). The normalized spacial score (nSPS) is 17.5. The van der Waals surface area contributed by atoms with Crippen molar-refractivity contribution in [3.63, 3.8) is 0 Å². The lowest BCUT2D eigenvalue weighted by Gasteiger charge is -2.21. The van der Waals surface area contributed by atoms with Gasteiger partial charge in [0.05, 0.1) is 11.6 Å². The molecule has 5 heteroatoms. The van der Waals surface area contributed by atoms with E-state index in [0.717, 1.165) is 17.3 Å². The Morgan fingerprint density at radius 2 is 2.11 bits per heavy atom. The predicted octanol–water partition coefficient (Wildman–Crippen LogP) is 2.70. The number of anilines is 1. The monoisotopic (exact) mass is 313 g/mol. The van der Waals surface area contributed by atoms with Crippen LogP contribution in [0.5, 0.6) is 5.75 Å². The molecule has 2 N–H and O–H groups in total. The number of carbonyl (C=O) groups is 1. The van der Waals surface area contributed by atoms with E-state index in [1.807, 2.05) is 0 Å². The summed E-state index contributed by atoms with van der Waals surface area (Å²) < 4.78 is 5.98. The number of benzene rings is 1. The molecule has 98 valence electrons. The summed E-state index contributed by atoms with van der Waals surface area (Å²) in [6.45, 7) is 0. The van der Waals surface area contributed by atoms with Crippen molar-refractivity contribution in [2.24, 2.45) is 0 Å². The molecule has 0 spiro atoms. The number of methoxy groups -OCH3 is 1. The Kier molecular flexibility index (Phi) is 3.92. The van der Waals surface area contributed by atoms with Crippen LogP contribution in [0.4, 0.5) is 5.69 Å². The number of aliphatic hydroxyl groups is 1. The van der Waals surface area contributed by atoms with Crippen LogP contribution in [0.2, 0.25) is 0 Å². The van der Waals surface area contributed by atoms with E-state index in [1.54, 1.807) is 25.3 Å². The maximum Gasteiger partial charge on any atom is 0.256 e. The van der Waals surface area contributed by atoms with Crippen LogP contribution >= 0.6 is 15.9 Å². The van der Waals surface area contributed by atoms with Crippen molar-refractivity contribution < 1.29 is 14.6 Å². The molecule has 1 saturated carbocycles. The molecule has 1 aromatic rings. The Hall–Kier alpha value is -1.07. The van der Waals surface area contributed by atoms with Crippen LogP contribution in [0.3, 0.4) is 0 Å². The third kappa shape index (κ3) is 2.67. The van der Waals surface area contributed by atoms with E-state index in [-0.39, 0.29) is 5.91 Å². The SMILES string of the molecule is COc1cc(NC(=O)C2(O)CCCC2)ccc1Br. The first-order valence-corrected chi connectivity index (χ1v) is 6.72. The van der Waals surface area contributed by atoms with E-state index in [0.29, 0.717) is 24.3 Å². The van der Waals surface area contributed by atoms with E-state index in [2.05, 4.69) is 21.2 Å². The van der Waals surface area contributed by atoms with Gasteiger partial charge < -0.3 is 15.2 Å². The van der Waals surface area contributed by atoms with Crippen LogP contribution in [0.15, 0.2) is 22.7 Å². The molecule has 1 amide bonds. The quantitative estimate of drug-likeness (QED) is 0.902. The lowest BCUT2D eigenvalue weighted by atomic mass is 10.0. The Bertz CT molecular complexity index is 456. The molecule has 0 heterocycles. The second-order valence-corrected chi connectivity index (χ2v) is 5.40. The van der Waals surface area contributed by atoms with Gasteiger partial charge in [-0.3, -0.25) is 4.79 Å². The van der Waals surface area contributed by atoms with Gasteiger partial charge in [0.1, 0.15) is 11.4 Å². The highest BCUT2D eigenvalue weighted by Crippen LogP contribution is 2.32. The molecule has 0 unspecified atom stereocenters. The molecule has 0 saturated heterocycles. The average Bonchev–Trinajstić information content (AvgIpc) is 2.80. The molecule has 1 aromatic carbocycles. The zero-order valence-electron chi connectivity index (χ0n) is 10.2. The topological polar surface area (TPSA) is 58.6 Å². The zero-order valence-corrected chi connectivity index (χ0v) is 11.8. The molecule has 18 heavy (non-hydrogen) atoms. The standard InChI is InChI=1S/C13H16BrNO3/c1-18-11-8-9(4-5-10(11)14)15-12(16)13(17)6-2-3-7-13/h4-5,8,17H,2-3,6-7H2,1H3,(H,15,16). The van der Waals surface area contributed by atoms with E-state index in [9.17, 15) is 9.90 Å². The predicted molar refractivity (Wildman–Crippen MR) is 72.7 cm³/mol. The third-order valence-corrected chi connectivity index (χ3v) is 3.92. The molecular weight excluding hydrogens is 298 g/mol. The number of rotatable bonds is 3. The molecule has 0 aliphatic heterocycles. The van der Waals surface area contributed by atoms with Gasteiger partial charge in [0, 0.05) is 11.8 Å². The van der Waals surface area contributed by atoms with Gasteiger partial charge in [0.25, 0.3) is 5.91 Å². The van der Waals surface area contributed by atoms with Crippen LogP contribution in [-0.2, 0) is 4.79 Å². The summed E-state index contributed by atoms with van der Waals surface area (Å²) in [5.41, 5.74) is -0.583. The zero-order chi connectivity index (χ0) is 13.2. The maximum absolute atomic E-state index is 12.0. The maximum atomic E-state index is 12.0. The fourth-order valence-corrected chi connectivity index (χ4v) is 2.58. The molecule has 0 radical (unpaired) electrons. The lowest BCUT2D eigenvalue weighted by molar-refractivity contribution is -0.133. The van der Waals surface area contributed by atoms with Crippen molar-refractivity contribution in [3.8, 4) is 5.75 Å². The molecule has 1 fully saturated rings. The lowest BCUT2D eigenvalue weighted by Crippen LogP contribution is -2.40. The molecule has 0 atom stereocenters. The smallest absolute Gasteiger partial charge is 0.256 e. The number of hydrogen-bond acceptors (Lipinski definition) is 3. The molecule has 4 nitrogen and oxygen atoms in total. The van der Waals surface area contributed by atoms with Gasteiger partial charge in [-0.15, -0.1) is 0 Å². The first kappa shape index (κ1) is 13.4. The minimum atomic E-state index is -1.21. The first-order chi connectivity index (χ1) is 8.55. The van der Waals surface area contributed by atoms with Crippen LogP contribution < -0.4 is 10.1 Å². The molecule has 0 bridgehead atoms. The fourth-order valence-electron chi connectivity index (χ4n) is 2.17. The van der Waals surface area contributed by atoms with Crippen molar-refractivity contribution in [2.45, 2.75) is 31.3 Å². The molecular formula is C13H16BrNO3. The number of carbonyl (C=O) groups excluding carboxylic acids is 1. The van der Waals surface area contributed by atoms with E-state index in [4.69, 9.17) is 4.74 Å². The third-order valence-electron chi connectivity index (χ3n) is 3.26. The second-order valence-electron chi connectivity index (χ2n) is 4.54. The van der Waals surface area contributed by atoms with Crippen molar-refractivity contribution in [3.05, 3.63) is 22.7 Å². The van der Waals surface area contributed by atoms with Gasteiger partial charge in [-0.25, -0.2) is 0 Å². The first-order valence-electron chi connectivity index (χ1n) is 5.92. The van der Waals surface area contributed by atoms with Crippen LogP contribution in [0, 0.1) is 0 Å². The molecule has 1 aliphatic carbocycles. The largest absolute Gasteiger partial charge is 0.495 e. The number of halogens is 1. The number of amides is 1. The average molecular weight is 314 g/mol. The summed E-state index contributed by atoms with van der Waals surface area (Å²) in [6, 6.07) is 5.29. The summed E-state index contributed by atoms with van der Waals surface area (Å²) in [7, 11) is 1.57. The Labute approximate surface area is 114 Å². The Balaban J connectivity index is 2.11. The van der Waals surface area contributed by atoms with Gasteiger partial charge in [-0.2, -0.15) is 0 Å². The summed E-state index contributed by atoms with van der Waals surface area (Å²) in [4.78, 5) is 12.0. The van der Waals surface area contributed by atoms with Gasteiger partial charge in [0.15, 0.2) is 0 Å². The fraction of sp³-hybridized carbons (Fsp3) is 0.462. The Morgan fingerprint density at radius 1 is 1.44 bits per heavy atom. The minimum Gasteiger partial charge on any atom is -0.495 e. The minimum absolute atomic E-state index is 0.329. The van der Waals surface area contributed by atoms with Crippen LogP contribution in [0.25, 0.3) is 0 Å². The van der Waals surface area contributed by atoms with E-state index in [1.165, 1.54) is 0 Å². The summed E-state index contributed by atoms with van der Waals surface area (Å²) in [6.07, 6.45) is 2.86. The molecule has 0 aromatic heterocycles. The summed E-state index contributed by atoms with van der Waals surface area (Å²) in [5.74, 6) is 0.315. The van der Waals surface area contributed by atoms with Crippen LogP contribution in [-0.4, -0.2) is 23.7 Å². The van der Waals surface area contributed by atoms with Gasteiger partial charge in [0.2, 0.25) is 0 Å². The highest BCUT2D eigenvalue weighted by atomic mass is 79.9. The molecule has 1 aliphatic rings. The second kappa shape index (κ2) is 5.28. The van der Waals surface area contributed by atoms with E-state index >= 15 is 0 Å². The highest BCUT2D eigenvalue weighted by Gasteiger charge is 2.38.